The van der Waals surface area contributed by atoms with Crippen LogP contribution in [-0.4, -0.2) is 31.3 Å². The number of sulfonamides is 1. The molecule has 1 aliphatic rings. The first-order chi connectivity index (χ1) is 13.2. The van der Waals surface area contributed by atoms with Gasteiger partial charge in [0.2, 0.25) is 5.91 Å². The number of anilines is 1. The van der Waals surface area contributed by atoms with E-state index in [1.54, 1.807) is 18.2 Å². The van der Waals surface area contributed by atoms with E-state index in [1.165, 1.54) is 24.3 Å². The van der Waals surface area contributed by atoms with Gasteiger partial charge in [0, 0.05) is 10.6 Å². The maximum Gasteiger partial charge on any atom is 0.263 e. The maximum atomic E-state index is 12.9. The van der Waals surface area contributed by atoms with Gasteiger partial charge in [-0.2, -0.15) is 0 Å². The van der Waals surface area contributed by atoms with Gasteiger partial charge in [-0.1, -0.05) is 44.0 Å². The van der Waals surface area contributed by atoms with Gasteiger partial charge in [-0.15, -0.1) is 0 Å². The number of halogens is 1. The van der Waals surface area contributed by atoms with Crippen LogP contribution in [0.3, 0.4) is 0 Å². The molecule has 0 fully saturated rings. The second kappa shape index (κ2) is 7.81. The van der Waals surface area contributed by atoms with E-state index in [0.29, 0.717) is 17.0 Å². The number of phenols is 1. The SMILES string of the molecule is CC[C@H](C)[C@H](N=C1NS(=O)(=O)c2ccccc21)C(=O)Nc1cc(Cl)ccc1O. The van der Waals surface area contributed by atoms with Crippen LogP contribution in [0.2, 0.25) is 5.02 Å². The van der Waals surface area contributed by atoms with Gasteiger partial charge in [0.05, 0.1) is 10.6 Å². The highest BCUT2D eigenvalue weighted by Crippen LogP contribution is 2.28. The van der Waals surface area contributed by atoms with Gasteiger partial charge in [-0.05, 0) is 36.2 Å². The van der Waals surface area contributed by atoms with Crippen molar-refractivity contribution >= 4 is 39.1 Å². The average molecular weight is 422 g/mol. The first kappa shape index (κ1) is 20.2. The molecule has 148 valence electrons. The van der Waals surface area contributed by atoms with E-state index < -0.39 is 22.0 Å². The van der Waals surface area contributed by atoms with Crippen molar-refractivity contribution < 1.29 is 18.3 Å². The van der Waals surface area contributed by atoms with E-state index in [4.69, 9.17) is 11.6 Å². The normalized spacial score (nSPS) is 18.2. The van der Waals surface area contributed by atoms with Crippen molar-refractivity contribution in [1.82, 2.24) is 4.72 Å². The zero-order chi connectivity index (χ0) is 20.5. The van der Waals surface area contributed by atoms with Crippen molar-refractivity contribution in [3.63, 3.8) is 0 Å². The van der Waals surface area contributed by atoms with E-state index >= 15 is 0 Å². The molecule has 7 nitrogen and oxygen atoms in total. The van der Waals surface area contributed by atoms with Crippen LogP contribution in [0.15, 0.2) is 52.4 Å². The Bertz CT molecular complexity index is 1050. The highest BCUT2D eigenvalue weighted by molar-refractivity contribution is 7.90. The Kier molecular flexibility index (Phi) is 5.62. The van der Waals surface area contributed by atoms with Crippen molar-refractivity contribution in [2.75, 3.05) is 5.32 Å². The smallest absolute Gasteiger partial charge is 0.263 e. The summed E-state index contributed by atoms with van der Waals surface area (Å²) in [5.74, 6) is -0.638. The lowest BCUT2D eigenvalue weighted by atomic mass is 9.98. The number of phenolic OH excluding ortho intramolecular Hbond substituents is 1. The van der Waals surface area contributed by atoms with Gasteiger partial charge in [-0.3, -0.25) is 14.5 Å². The van der Waals surface area contributed by atoms with E-state index in [2.05, 4.69) is 15.0 Å². The molecule has 3 N–H and O–H groups in total. The maximum absolute atomic E-state index is 12.9. The van der Waals surface area contributed by atoms with Crippen LogP contribution in [0, 0.1) is 5.92 Å². The predicted octanol–water partition coefficient (Wildman–Crippen LogP) is 3.14. The standard InChI is InChI=1S/C19H20ClN3O4S/c1-3-11(2)17(19(25)21-14-10-12(20)8-9-15(14)24)22-18-13-6-4-5-7-16(13)28(26,27)23-18/h4-11,17,24H,3H2,1-2H3,(H,21,25)(H,22,23)/t11-,17-/m0/s1. The molecule has 0 spiro atoms. The minimum absolute atomic E-state index is 0.125. The number of nitrogens with zero attached hydrogens (tertiary/aromatic N) is 1. The van der Waals surface area contributed by atoms with Gasteiger partial charge in [0.1, 0.15) is 17.6 Å². The highest BCUT2D eigenvalue weighted by Gasteiger charge is 2.33. The molecule has 2 aromatic carbocycles. The Labute approximate surface area is 168 Å². The molecule has 0 aromatic heterocycles. The highest BCUT2D eigenvalue weighted by atomic mass is 35.5. The summed E-state index contributed by atoms with van der Waals surface area (Å²) in [4.78, 5) is 17.4. The van der Waals surface area contributed by atoms with Crippen molar-refractivity contribution in [1.29, 1.82) is 0 Å². The zero-order valence-corrected chi connectivity index (χ0v) is 16.9. The molecule has 1 heterocycles. The molecule has 2 aromatic rings. The Morgan fingerprint density at radius 3 is 2.71 bits per heavy atom. The second-order valence-corrected chi connectivity index (χ2v) is 8.65. The fraction of sp³-hybridized carbons (Fsp3) is 0.263. The van der Waals surface area contributed by atoms with E-state index in [-0.39, 0.29) is 28.1 Å². The number of aliphatic imine (C=N–C) groups is 1. The zero-order valence-electron chi connectivity index (χ0n) is 15.3. The van der Waals surface area contributed by atoms with Gasteiger partial charge in [0.25, 0.3) is 10.0 Å². The summed E-state index contributed by atoms with van der Waals surface area (Å²) in [6.07, 6.45) is 0.644. The van der Waals surface area contributed by atoms with Crippen LogP contribution in [0.25, 0.3) is 0 Å². The summed E-state index contributed by atoms with van der Waals surface area (Å²) in [5.41, 5.74) is 0.590. The van der Waals surface area contributed by atoms with Crippen molar-refractivity contribution in [3.8, 4) is 5.75 Å². The van der Waals surface area contributed by atoms with E-state index in [0.717, 1.165) is 0 Å². The first-order valence-corrected chi connectivity index (χ1v) is 10.6. The molecule has 28 heavy (non-hydrogen) atoms. The summed E-state index contributed by atoms with van der Waals surface area (Å²) >= 11 is 5.93. The molecule has 0 saturated carbocycles. The number of aromatic hydroxyl groups is 1. The number of hydrogen-bond acceptors (Lipinski definition) is 5. The number of hydrogen-bond donors (Lipinski definition) is 3. The lowest BCUT2D eigenvalue weighted by Crippen LogP contribution is -2.34. The lowest BCUT2D eigenvalue weighted by Gasteiger charge is -2.20. The van der Waals surface area contributed by atoms with Crippen LogP contribution in [-0.2, 0) is 14.8 Å². The minimum Gasteiger partial charge on any atom is -0.506 e. The molecule has 0 unspecified atom stereocenters. The van der Waals surface area contributed by atoms with Crippen LogP contribution >= 0.6 is 11.6 Å². The molecular weight excluding hydrogens is 402 g/mol. The minimum atomic E-state index is -3.70. The van der Waals surface area contributed by atoms with Gasteiger partial charge < -0.3 is 10.4 Å². The molecule has 0 bridgehead atoms. The quantitative estimate of drug-likeness (QED) is 0.644. The number of benzene rings is 2. The summed E-state index contributed by atoms with van der Waals surface area (Å²) in [7, 11) is -3.70. The molecule has 2 atom stereocenters. The third-order valence-electron chi connectivity index (χ3n) is 4.60. The van der Waals surface area contributed by atoms with E-state index in [1.807, 2.05) is 13.8 Å². The summed E-state index contributed by atoms with van der Waals surface area (Å²) in [5, 5.41) is 12.9. The molecule has 9 heteroatoms. The molecule has 3 rings (SSSR count). The van der Waals surface area contributed by atoms with Gasteiger partial charge >= 0.3 is 0 Å². The van der Waals surface area contributed by atoms with Crippen LogP contribution in [0.5, 0.6) is 5.75 Å². The number of amidine groups is 1. The molecule has 0 radical (unpaired) electrons. The van der Waals surface area contributed by atoms with Crippen LogP contribution < -0.4 is 10.0 Å². The third-order valence-corrected chi connectivity index (χ3v) is 6.23. The number of nitrogens with one attached hydrogen (secondary N) is 2. The molecule has 0 aliphatic carbocycles. The number of fused-ring (bicyclic) bond motifs is 1. The largest absolute Gasteiger partial charge is 0.506 e. The molecular formula is C19H20ClN3O4S. The Hall–Kier alpha value is -2.58. The summed E-state index contributed by atoms with van der Waals surface area (Å²) in [6.45, 7) is 3.76. The molecule has 0 saturated heterocycles. The Morgan fingerprint density at radius 1 is 1.29 bits per heavy atom. The predicted molar refractivity (Wildman–Crippen MR) is 108 cm³/mol. The van der Waals surface area contributed by atoms with Gasteiger partial charge in [-0.25, -0.2) is 8.42 Å². The van der Waals surface area contributed by atoms with E-state index in [9.17, 15) is 18.3 Å². The Balaban J connectivity index is 1.97. The molecule has 1 aliphatic heterocycles. The summed E-state index contributed by atoms with van der Waals surface area (Å²) < 4.78 is 27.0. The van der Waals surface area contributed by atoms with Crippen molar-refractivity contribution in [3.05, 3.63) is 53.1 Å². The first-order valence-electron chi connectivity index (χ1n) is 8.72. The van der Waals surface area contributed by atoms with Crippen LogP contribution in [0.4, 0.5) is 5.69 Å². The number of carbonyl (C=O) groups is 1. The summed E-state index contributed by atoms with van der Waals surface area (Å²) in [6, 6.07) is 9.91. The number of carbonyl (C=O) groups excluding carboxylic acids is 1. The number of amides is 1. The fourth-order valence-electron chi connectivity index (χ4n) is 2.85. The molecule has 1 amide bonds. The lowest BCUT2D eigenvalue weighted by molar-refractivity contribution is -0.118. The Morgan fingerprint density at radius 2 is 2.00 bits per heavy atom. The van der Waals surface area contributed by atoms with Crippen molar-refractivity contribution in [2.45, 2.75) is 31.2 Å². The van der Waals surface area contributed by atoms with Crippen LogP contribution in [0.1, 0.15) is 25.8 Å². The second-order valence-electron chi connectivity index (χ2n) is 6.56. The van der Waals surface area contributed by atoms with Crippen molar-refractivity contribution in [2.24, 2.45) is 10.9 Å². The van der Waals surface area contributed by atoms with Gasteiger partial charge in [0.15, 0.2) is 0 Å². The number of rotatable bonds is 5. The fourth-order valence-corrected chi connectivity index (χ4v) is 4.26. The monoisotopic (exact) mass is 421 g/mol. The average Bonchev–Trinajstić information content (AvgIpc) is 2.92. The third kappa shape index (κ3) is 3.98. The topological polar surface area (TPSA) is 108 Å².